The van der Waals surface area contributed by atoms with Crippen LogP contribution in [0.2, 0.25) is 0 Å². The maximum atomic E-state index is 13.9. The van der Waals surface area contributed by atoms with E-state index in [0.717, 1.165) is 38.5 Å². The van der Waals surface area contributed by atoms with Crippen molar-refractivity contribution in [1.82, 2.24) is 15.1 Å². The van der Waals surface area contributed by atoms with E-state index in [2.05, 4.69) is 52.9 Å². The summed E-state index contributed by atoms with van der Waals surface area (Å²) >= 11 is 5.67. The SMILES string of the molecule is CC(C)NC(=S)N(C(=O)C1CC[C@H]2[C@@H]3CC=C4N(C)C(=O)CC[C@]4(C)[C@@H]3CC[C@]12C)C(C)C. The first-order valence-electron chi connectivity index (χ1n) is 13.0. The highest BCUT2D eigenvalue weighted by atomic mass is 32.1. The molecule has 33 heavy (non-hydrogen) atoms. The summed E-state index contributed by atoms with van der Waals surface area (Å²) in [6.07, 6.45) is 9.34. The van der Waals surface area contributed by atoms with E-state index in [1.807, 2.05) is 16.8 Å². The minimum atomic E-state index is 0.0247. The molecule has 1 aliphatic heterocycles. The van der Waals surface area contributed by atoms with Gasteiger partial charge in [-0.25, -0.2) is 0 Å². The molecule has 0 aromatic heterocycles. The monoisotopic (exact) mass is 473 g/mol. The Morgan fingerprint density at radius 2 is 1.85 bits per heavy atom. The molecule has 0 bridgehead atoms. The summed E-state index contributed by atoms with van der Waals surface area (Å²) < 4.78 is 0. The molecule has 0 aromatic carbocycles. The number of thiocarbonyl (C=S) groups is 1. The third-order valence-corrected chi connectivity index (χ3v) is 10.0. The molecule has 6 heteroatoms. The van der Waals surface area contributed by atoms with E-state index >= 15 is 0 Å². The smallest absolute Gasteiger partial charge is 0.232 e. The van der Waals surface area contributed by atoms with Gasteiger partial charge in [0, 0.05) is 42.6 Å². The standard InChI is InChI=1S/C27H43N3O2S/c1-16(2)28-25(33)30(17(3)4)24(32)21-10-9-19-18-8-11-22-27(6,15-13-23(31)29(22)7)20(18)12-14-26(19,21)5/h11,16-21H,8-10,12-15H2,1-7H3,(H,28,33)/t18-,19-,20+,21?,26-,27+/m0/s1. The lowest BCUT2D eigenvalue weighted by Crippen LogP contribution is -2.56. The van der Waals surface area contributed by atoms with Crippen LogP contribution in [0.1, 0.15) is 86.5 Å². The van der Waals surface area contributed by atoms with Crippen molar-refractivity contribution >= 4 is 29.1 Å². The Morgan fingerprint density at radius 3 is 2.48 bits per heavy atom. The number of amides is 2. The van der Waals surface area contributed by atoms with E-state index < -0.39 is 0 Å². The van der Waals surface area contributed by atoms with Gasteiger partial charge < -0.3 is 10.2 Å². The number of nitrogens with zero attached hydrogens (tertiary/aromatic N) is 2. The number of carbonyl (C=O) groups excluding carboxylic acids is 2. The van der Waals surface area contributed by atoms with Gasteiger partial charge in [0.2, 0.25) is 11.8 Å². The molecule has 5 nitrogen and oxygen atoms in total. The van der Waals surface area contributed by atoms with Crippen LogP contribution in [0.5, 0.6) is 0 Å². The number of hydrogen-bond acceptors (Lipinski definition) is 3. The molecule has 2 saturated carbocycles. The first-order valence-corrected chi connectivity index (χ1v) is 13.4. The second-order valence-corrected chi connectivity index (χ2v) is 12.5. The zero-order chi connectivity index (χ0) is 24.3. The molecule has 4 rings (SSSR count). The van der Waals surface area contributed by atoms with Crippen LogP contribution >= 0.6 is 12.2 Å². The highest BCUT2D eigenvalue weighted by molar-refractivity contribution is 7.80. The Balaban J connectivity index is 1.60. The third-order valence-electron chi connectivity index (χ3n) is 9.70. The molecule has 0 aromatic rings. The highest BCUT2D eigenvalue weighted by Gasteiger charge is 2.61. The number of hydrogen-bond donors (Lipinski definition) is 1. The third kappa shape index (κ3) is 3.84. The number of piperidine rings is 1. The van der Waals surface area contributed by atoms with Crippen molar-refractivity contribution in [1.29, 1.82) is 0 Å². The molecule has 3 fully saturated rings. The summed E-state index contributed by atoms with van der Waals surface area (Å²) in [5.74, 6) is 2.27. The van der Waals surface area contributed by atoms with Gasteiger partial charge in [-0.2, -0.15) is 0 Å². The Kier molecular flexibility index (Phi) is 6.48. The minimum absolute atomic E-state index is 0.0247. The average Bonchev–Trinajstić information content (AvgIpc) is 3.07. The van der Waals surface area contributed by atoms with E-state index in [4.69, 9.17) is 12.2 Å². The van der Waals surface area contributed by atoms with Gasteiger partial charge in [0.25, 0.3) is 0 Å². The first kappa shape index (κ1) is 24.7. The summed E-state index contributed by atoms with van der Waals surface area (Å²) in [5, 5.41) is 3.87. The van der Waals surface area contributed by atoms with Gasteiger partial charge in [0.05, 0.1) is 0 Å². The van der Waals surface area contributed by atoms with Crippen molar-refractivity contribution in [3.05, 3.63) is 11.8 Å². The molecule has 184 valence electrons. The second kappa shape index (κ2) is 8.66. The zero-order valence-corrected chi connectivity index (χ0v) is 22.4. The summed E-state index contributed by atoms with van der Waals surface area (Å²) in [6, 6.07) is 0.253. The van der Waals surface area contributed by atoms with E-state index in [-0.39, 0.29) is 40.6 Å². The Hall–Kier alpha value is -1.43. The lowest BCUT2D eigenvalue weighted by atomic mass is 9.49. The minimum Gasteiger partial charge on any atom is -0.360 e. The Morgan fingerprint density at radius 1 is 1.15 bits per heavy atom. The number of fused-ring (bicyclic) bond motifs is 5. The number of nitrogens with one attached hydrogen (secondary N) is 1. The molecule has 1 N–H and O–H groups in total. The van der Waals surface area contributed by atoms with Crippen molar-refractivity contribution in [2.24, 2.45) is 34.5 Å². The normalized spacial score (nSPS) is 37.9. The lowest BCUT2D eigenvalue weighted by molar-refractivity contribution is -0.142. The fourth-order valence-corrected chi connectivity index (χ4v) is 8.60. The van der Waals surface area contributed by atoms with Crippen LogP contribution < -0.4 is 5.32 Å². The molecular formula is C27H43N3O2S. The molecule has 4 aliphatic rings. The Bertz CT molecular complexity index is 867. The first-order chi connectivity index (χ1) is 15.4. The number of allylic oxidation sites excluding steroid dienone is 2. The maximum Gasteiger partial charge on any atom is 0.232 e. The van der Waals surface area contributed by atoms with Crippen LogP contribution in [0.15, 0.2) is 11.8 Å². The highest BCUT2D eigenvalue weighted by Crippen LogP contribution is 2.66. The van der Waals surface area contributed by atoms with E-state index in [9.17, 15) is 9.59 Å². The molecule has 3 aliphatic carbocycles. The maximum absolute atomic E-state index is 13.9. The number of rotatable bonds is 3. The van der Waals surface area contributed by atoms with Crippen LogP contribution in [0.4, 0.5) is 0 Å². The quantitative estimate of drug-likeness (QED) is 0.579. The molecule has 0 spiro atoms. The van der Waals surface area contributed by atoms with Crippen LogP contribution in [0.3, 0.4) is 0 Å². The fraction of sp³-hybridized carbons (Fsp3) is 0.815. The predicted octanol–water partition coefficient (Wildman–Crippen LogP) is 5.11. The molecular weight excluding hydrogens is 430 g/mol. The summed E-state index contributed by atoms with van der Waals surface area (Å²) in [6.45, 7) is 13.0. The van der Waals surface area contributed by atoms with Crippen molar-refractivity contribution in [2.45, 2.75) is 98.6 Å². The molecule has 0 radical (unpaired) electrons. The summed E-state index contributed by atoms with van der Waals surface area (Å²) in [7, 11) is 1.96. The molecule has 2 amide bonds. The van der Waals surface area contributed by atoms with E-state index in [0.29, 0.717) is 29.3 Å². The average molecular weight is 474 g/mol. The number of likely N-dealkylation sites (tertiary alicyclic amines) is 1. The van der Waals surface area contributed by atoms with Gasteiger partial charge in [0.15, 0.2) is 5.11 Å². The summed E-state index contributed by atoms with van der Waals surface area (Å²) in [4.78, 5) is 30.1. The molecule has 1 heterocycles. The fourth-order valence-electron chi connectivity index (χ4n) is 8.06. The second-order valence-electron chi connectivity index (χ2n) is 12.2. The molecule has 1 saturated heterocycles. The summed E-state index contributed by atoms with van der Waals surface area (Å²) in [5.41, 5.74) is 1.36. The van der Waals surface area contributed by atoms with Crippen molar-refractivity contribution in [2.75, 3.05) is 7.05 Å². The van der Waals surface area contributed by atoms with Crippen LogP contribution in [-0.4, -0.2) is 45.9 Å². The van der Waals surface area contributed by atoms with Gasteiger partial charge in [-0.15, -0.1) is 0 Å². The van der Waals surface area contributed by atoms with E-state index in [1.165, 1.54) is 5.70 Å². The topological polar surface area (TPSA) is 52.7 Å². The van der Waals surface area contributed by atoms with Crippen molar-refractivity contribution in [3.63, 3.8) is 0 Å². The zero-order valence-electron chi connectivity index (χ0n) is 21.6. The van der Waals surface area contributed by atoms with Crippen LogP contribution in [0, 0.1) is 34.5 Å². The van der Waals surface area contributed by atoms with Gasteiger partial charge >= 0.3 is 0 Å². The van der Waals surface area contributed by atoms with E-state index in [1.54, 1.807) is 0 Å². The predicted molar refractivity (Wildman–Crippen MR) is 136 cm³/mol. The number of carbonyl (C=O) groups is 2. The van der Waals surface area contributed by atoms with Gasteiger partial charge in [-0.3, -0.25) is 14.5 Å². The van der Waals surface area contributed by atoms with Gasteiger partial charge in [-0.05, 0) is 102 Å². The molecule has 6 atom stereocenters. The Labute approximate surface area is 205 Å². The lowest BCUT2D eigenvalue weighted by Gasteiger charge is -2.58. The van der Waals surface area contributed by atoms with Crippen LogP contribution in [0.25, 0.3) is 0 Å². The largest absolute Gasteiger partial charge is 0.360 e. The van der Waals surface area contributed by atoms with Gasteiger partial charge in [-0.1, -0.05) is 19.9 Å². The van der Waals surface area contributed by atoms with Crippen molar-refractivity contribution in [3.8, 4) is 0 Å². The van der Waals surface area contributed by atoms with Crippen molar-refractivity contribution < 1.29 is 9.59 Å². The van der Waals surface area contributed by atoms with Crippen LogP contribution in [-0.2, 0) is 9.59 Å². The molecule has 1 unspecified atom stereocenters. The van der Waals surface area contributed by atoms with Gasteiger partial charge in [0.1, 0.15) is 0 Å².